The van der Waals surface area contributed by atoms with E-state index in [9.17, 15) is 10.4 Å². The smallest absolute Gasteiger partial charge is 0.149 e. The summed E-state index contributed by atoms with van der Waals surface area (Å²) in [5.41, 5.74) is 2.18. The third-order valence-electron chi connectivity index (χ3n) is 4.26. The summed E-state index contributed by atoms with van der Waals surface area (Å²) in [7, 11) is 0. The van der Waals surface area contributed by atoms with E-state index in [0.717, 1.165) is 11.3 Å². The van der Waals surface area contributed by atoms with Crippen molar-refractivity contribution in [3.8, 4) is 6.07 Å². The zero-order valence-electron chi connectivity index (χ0n) is 14.6. The van der Waals surface area contributed by atoms with Crippen LogP contribution in [0.25, 0.3) is 0 Å². The van der Waals surface area contributed by atoms with Gasteiger partial charge in [-0.2, -0.15) is 5.26 Å². The first-order chi connectivity index (χ1) is 11.7. The number of halogens is 2. The Kier molecular flexibility index (Phi) is 6.61. The van der Waals surface area contributed by atoms with Crippen LogP contribution in [0.15, 0.2) is 29.0 Å². The SMILES string of the molecule is Cc1cc(C(C)Br)ncc1/N=C(Cl)\C(C#N)=C\N1CCC(C)(O)CC1. The van der Waals surface area contributed by atoms with Crippen LogP contribution in [-0.2, 0) is 0 Å². The topological polar surface area (TPSA) is 72.5 Å². The lowest BCUT2D eigenvalue weighted by molar-refractivity contribution is 0.00554. The lowest BCUT2D eigenvalue weighted by Crippen LogP contribution is -2.40. The molecule has 1 unspecified atom stereocenters. The Morgan fingerprint density at radius 2 is 2.20 bits per heavy atom. The predicted octanol–water partition coefficient (Wildman–Crippen LogP) is 4.37. The molecule has 2 heterocycles. The van der Waals surface area contributed by atoms with Gasteiger partial charge in [-0.1, -0.05) is 27.5 Å². The summed E-state index contributed by atoms with van der Waals surface area (Å²) in [4.78, 5) is 10.9. The fourth-order valence-electron chi connectivity index (χ4n) is 2.52. The van der Waals surface area contributed by atoms with Gasteiger partial charge in [0.25, 0.3) is 0 Å². The van der Waals surface area contributed by atoms with Gasteiger partial charge in [-0.3, -0.25) is 4.98 Å². The Labute approximate surface area is 162 Å². The summed E-state index contributed by atoms with van der Waals surface area (Å²) in [5.74, 6) is 0. The van der Waals surface area contributed by atoms with Crippen LogP contribution in [0.2, 0.25) is 0 Å². The van der Waals surface area contributed by atoms with E-state index >= 15 is 0 Å². The molecule has 1 N–H and O–H groups in total. The van der Waals surface area contributed by atoms with Gasteiger partial charge in [0.15, 0.2) is 0 Å². The molecule has 0 aromatic carbocycles. The minimum absolute atomic E-state index is 0.143. The van der Waals surface area contributed by atoms with E-state index in [0.29, 0.717) is 37.2 Å². The van der Waals surface area contributed by atoms with Crippen LogP contribution in [-0.4, -0.2) is 38.9 Å². The molecule has 1 aliphatic rings. The molecule has 0 bridgehead atoms. The zero-order valence-corrected chi connectivity index (χ0v) is 17.0. The fourth-order valence-corrected chi connectivity index (χ4v) is 2.95. The Bertz CT molecular complexity index is 727. The van der Waals surface area contributed by atoms with Crippen molar-refractivity contribution in [1.29, 1.82) is 5.26 Å². The number of likely N-dealkylation sites (tertiary alicyclic amines) is 1. The number of pyridine rings is 1. The monoisotopic (exact) mass is 424 g/mol. The second kappa shape index (κ2) is 8.31. The molecule has 1 atom stereocenters. The van der Waals surface area contributed by atoms with Gasteiger partial charge in [-0.25, -0.2) is 4.99 Å². The number of alkyl halides is 1. The molecule has 7 heteroatoms. The molecular formula is C18H22BrClN4O. The summed E-state index contributed by atoms with van der Waals surface area (Å²) in [5, 5.41) is 19.6. The van der Waals surface area contributed by atoms with E-state index in [4.69, 9.17) is 11.6 Å². The van der Waals surface area contributed by atoms with Crippen LogP contribution < -0.4 is 0 Å². The Balaban J connectivity index is 2.19. The standard InChI is InChI=1S/C18H22BrClN4O/c1-12-8-15(13(2)19)22-10-16(12)23-17(20)14(9-21)11-24-6-4-18(3,25)5-7-24/h8,10-11,13,25H,4-7H2,1-3H3/b14-11+,23-17+. The van der Waals surface area contributed by atoms with E-state index < -0.39 is 5.60 Å². The van der Waals surface area contributed by atoms with Crippen molar-refractivity contribution in [3.05, 3.63) is 35.3 Å². The number of aromatic nitrogens is 1. The molecule has 1 saturated heterocycles. The molecule has 0 amide bonds. The maximum atomic E-state index is 10.0. The van der Waals surface area contributed by atoms with Crippen molar-refractivity contribution in [3.63, 3.8) is 0 Å². The number of nitrogens with zero attached hydrogens (tertiary/aromatic N) is 4. The fraction of sp³-hybridized carbons (Fsp3) is 0.500. The molecule has 0 spiro atoms. The highest BCUT2D eigenvalue weighted by molar-refractivity contribution is 9.09. The molecule has 2 rings (SSSR count). The molecule has 5 nitrogen and oxygen atoms in total. The number of aliphatic hydroxyl groups is 1. The third kappa shape index (κ3) is 5.53. The van der Waals surface area contributed by atoms with E-state index in [1.807, 2.05) is 31.7 Å². The number of nitriles is 1. The minimum atomic E-state index is -0.633. The van der Waals surface area contributed by atoms with Crippen LogP contribution in [0.4, 0.5) is 5.69 Å². The summed E-state index contributed by atoms with van der Waals surface area (Å²) in [6.45, 7) is 7.14. The molecule has 25 heavy (non-hydrogen) atoms. The van der Waals surface area contributed by atoms with Crippen LogP contribution in [0.1, 0.15) is 42.8 Å². The average Bonchev–Trinajstić information content (AvgIpc) is 2.55. The van der Waals surface area contributed by atoms with Gasteiger partial charge in [0.2, 0.25) is 0 Å². The third-order valence-corrected chi connectivity index (χ3v) is 5.02. The normalized spacial score (nSPS) is 19.5. The maximum Gasteiger partial charge on any atom is 0.149 e. The highest BCUT2D eigenvalue weighted by Gasteiger charge is 2.26. The summed E-state index contributed by atoms with van der Waals surface area (Å²) in [6.07, 6.45) is 4.70. The quantitative estimate of drug-likeness (QED) is 0.442. The minimum Gasteiger partial charge on any atom is -0.390 e. The van der Waals surface area contributed by atoms with E-state index in [1.54, 1.807) is 12.4 Å². The summed E-state index contributed by atoms with van der Waals surface area (Å²) < 4.78 is 0. The number of aliphatic imine (C=N–C) groups is 1. The predicted molar refractivity (Wildman–Crippen MR) is 104 cm³/mol. The van der Waals surface area contributed by atoms with Gasteiger partial charge in [-0.05, 0) is 45.2 Å². The Hall–Kier alpha value is -1.42. The summed E-state index contributed by atoms with van der Waals surface area (Å²) >= 11 is 9.77. The highest BCUT2D eigenvalue weighted by Crippen LogP contribution is 2.26. The Morgan fingerprint density at radius 3 is 2.72 bits per heavy atom. The van der Waals surface area contributed by atoms with Crippen molar-refractivity contribution >= 4 is 38.4 Å². The van der Waals surface area contributed by atoms with Gasteiger partial charge < -0.3 is 10.0 Å². The first-order valence-corrected chi connectivity index (χ1v) is 9.45. The van der Waals surface area contributed by atoms with Crippen molar-refractivity contribution < 1.29 is 5.11 Å². The lowest BCUT2D eigenvalue weighted by atomic mass is 9.94. The zero-order chi connectivity index (χ0) is 18.6. The lowest BCUT2D eigenvalue weighted by Gasteiger charge is -2.35. The maximum absolute atomic E-state index is 10.0. The number of aryl methyl sites for hydroxylation is 1. The second-order valence-corrected chi connectivity index (χ2v) is 8.33. The van der Waals surface area contributed by atoms with Crippen molar-refractivity contribution in [1.82, 2.24) is 9.88 Å². The van der Waals surface area contributed by atoms with Crippen LogP contribution >= 0.6 is 27.5 Å². The molecule has 1 aromatic rings. The van der Waals surface area contributed by atoms with Gasteiger partial charge >= 0.3 is 0 Å². The first-order valence-electron chi connectivity index (χ1n) is 8.15. The number of rotatable bonds is 4. The summed E-state index contributed by atoms with van der Waals surface area (Å²) in [6, 6.07) is 4.05. The average molecular weight is 426 g/mol. The van der Waals surface area contributed by atoms with E-state index in [-0.39, 0.29) is 10.00 Å². The molecular weight excluding hydrogens is 404 g/mol. The van der Waals surface area contributed by atoms with E-state index in [2.05, 4.69) is 32.0 Å². The molecule has 0 aliphatic carbocycles. The van der Waals surface area contributed by atoms with Crippen molar-refractivity contribution in [2.24, 2.45) is 4.99 Å². The molecule has 134 valence electrons. The van der Waals surface area contributed by atoms with Crippen LogP contribution in [0.3, 0.4) is 0 Å². The largest absolute Gasteiger partial charge is 0.390 e. The molecule has 0 saturated carbocycles. The van der Waals surface area contributed by atoms with Crippen LogP contribution in [0.5, 0.6) is 0 Å². The number of allylic oxidation sites excluding steroid dienone is 1. The van der Waals surface area contributed by atoms with Crippen LogP contribution in [0, 0.1) is 18.3 Å². The first kappa shape index (κ1) is 19.9. The van der Waals surface area contributed by atoms with Gasteiger partial charge in [0, 0.05) is 19.3 Å². The molecule has 1 aliphatic heterocycles. The number of hydrogen-bond donors (Lipinski definition) is 1. The Morgan fingerprint density at radius 1 is 1.56 bits per heavy atom. The molecule has 1 fully saturated rings. The van der Waals surface area contributed by atoms with Gasteiger partial charge in [0.05, 0.1) is 28.0 Å². The second-order valence-electron chi connectivity index (χ2n) is 6.60. The van der Waals surface area contributed by atoms with Gasteiger partial charge in [-0.15, -0.1) is 0 Å². The molecule has 1 aromatic heterocycles. The van der Waals surface area contributed by atoms with E-state index in [1.165, 1.54) is 0 Å². The highest BCUT2D eigenvalue weighted by atomic mass is 79.9. The number of piperidine rings is 1. The van der Waals surface area contributed by atoms with Gasteiger partial charge in [0.1, 0.15) is 16.8 Å². The van der Waals surface area contributed by atoms with Crippen molar-refractivity contribution in [2.75, 3.05) is 13.1 Å². The number of hydrogen-bond acceptors (Lipinski definition) is 5. The van der Waals surface area contributed by atoms with Crippen molar-refractivity contribution in [2.45, 2.75) is 44.0 Å². The molecule has 0 radical (unpaired) electrons.